The largest absolute Gasteiger partial charge is 0.480 e. The predicted molar refractivity (Wildman–Crippen MR) is 62.6 cm³/mol. The Morgan fingerprint density at radius 3 is 2.84 bits per heavy atom. The van der Waals surface area contributed by atoms with Crippen molar-refractivity contribution in [3.05, 3.63) is 17.5 Å². The van der Waals surface area contributed by atoms with Crippen molar-refractivity contribution in [1.82, 2.24) is 9.46 Å². The Labute approximate surface area is 109 Å². The van der Waals surface area contributed by atoms with E-state index in [2.05, 4.69) is 5.16 Å². The summed E-state index contributed by atoms with van der Waals surface area (Å²) in [5.41, 5.74) is 0.211. The van der Waals surface area contributed by atoms with Gasteiger partial charge in [-0.25, -0.2) is 8.42 Å². The molecule has 0 amide bonds. The zero-order valence-corrected chi connectivity index (χ0v) is 11.0. The molecule has 0 saturated carbocycles. The summed E-state index contributed by atoms with van der Waals surface area (Å²) in [5, 5.41) is 22.0. The maximum Gasteiger partial charge on any atom is 0.322 e. The summed E-state index contributed by atoms with van der Waals surface area (Å²) in [6.45, 7) is 1.42. The number of hydrogen-bond donors (Lipinski definition) is 2. The molecule has 1 aromatic heterocycles. The number of aliphatic hydroxyl groups excluding tert-OH is 1. The Morgan fingerprint density at radius 1 is 1.63 bits per heavy atom. The molecule has 1 unspecified atom stereocenters. The van der Waals surface area contributed by atoms with E-state index in [4.69, 9.17) is 9.63 Å². The maximum atomic E-state index is 12.1. The van der Waals surface area contributed by atoms with Crippen molar-refractivity contribution < 1.29 is 27.9 Å². The Bertz CT molecular complexity index is 581. The van der Waals surface area contributed by atoms with Gasteiger partial charge in [0, 0.05) is 19.0 Å². The summed E-state index contributed by atoms with van der Waals surface area (Å²) in [5.74, 6) is -1.24. The SMILES string of the molecule is Cc1cc(CS(=O)(=O)N2CC(O)C[C@H]2C(=O)O)no1. The first-order valence-corrected chi connectivity index (χ1v) is 7.23. The summed E-state index contributed by atoms with van der Waals surface area (Å²) >= 11 is 0. The fourth-order valence-electron chi connectivity index (χ4n) is 2.07. The van der Waals surface area contributed by atoms with Gasteiger partial charge >= 0.3 is 5.97 Å². The van der Waals surface area contributed by atoms with E-state index in [0.29, 0.717) is 5.76 Å². The van der Waals surface area contributed by atoms with Gasteiger partial charge in [0.1, 0.15) is 23.2 Å². The number of carbonyl (C=O) groups is 1. The van der Waals surface area contributed by atoms with E-state index in [1.807, 2.05) is 0 Å². The summed E-state index contributed by atoms with van der Waals surface area (Å²) in [6, 6.07) is 0.243. The third-order valence-electron chi connectivity index (χ3n) is 2.88. The average molecular weight is 290 g/mol. The maximum absolute atomic E-state index is 12.1. The first-order chi connectivity index (χ1) is 8.79. The number of nitrogens with zero attached hydrogens (tertiary/aromatic N) is 2. The van der Waals surface area contributed by atoms with Gasteiger partial charge in [-0.2, -0.15) is 4.31 Å². The molecular formula is C10H14N2O6S. The Balaban J connectivity index is 2.21. The van der Waals surface area contributed by atoms with Gasteiger partial charge in [0.15, 0.2) is 0 Å². The minimum atomic E-state index is -3.86. The Morgan fingerprint density at radius 2 is 2.32 bits per heavy atom. The van der Waals surface area contributed by atoms with Crippen LogP contribution in [0.25, 0.3) is 0 Å². The standard InChI is InChI=1S/C10H14N2O6S/c1-6-2-7(11-18-6)5-19(16,17)12-4-8(13)3-9(12)10(14)15/h2,8-9,13H,3-5H2,1H3,(H,14,15)/t8?,9-/m0/s1. The van der Waals surface area contributed by atoms with Gasteiger partial charge in [-0.15, -0.1) is 0 Å². The van der Waals surface area contributed by atoms with Crippen molar-refractivity contribution in [2.75, 3.05) is 6.54 Å². The van der Waals surface area contributed by atoms with Crippen LogP contribution in [0.5, 0.6) is 0 Å². The Kier molecular flexibility index (Phi) is 3.61. The lowest BCUT2D eigenvalue weighted by atomic mass is 10.2. The number of sulfonamides is 1. The highest BCUT2D eigenvalue weighted by Gasteiger charge is 2.43. The number of aryl methyl sites for hydroxylation is 1. The van der Waals surface area contributed by atoms with E-state index in [1.54, 1.807) is 6.92 Å². The highest BCUT2D eigenvalue weighted by atomic mass is 32.2. The normalized spacial score (nSPS) is 24.7. The van der Waals surface area contributed by atoms with Crippen molar-refractivity contribution in [2.24, 2.45) is 0 Å². The topological polar surface area (TPSA) is 121 Å². The molecule has 0 spiro atoms. The molecule has 0 radical (unpaired) electrons. The molecule has 9 heteroatoms. The molecule has 106 valence electrons. The third kappa shape index (κ3) is 2.94. The molecule has 2 N–H and O–H groups in total. The quantitative estimate of drug-likeness (QED) is 0.754. The number of aromatic nitrogens is 1. The van der Waals surface area contributed by atoms with Crippen LogP contribution in [0.1, 0.15) is 17.9 Å². The summed E-state index contributed by atoms with van der Waals surface area (Å²) in [6.07, 6.45) is -1.07. The lowest BCUT2D eigenvalue weighted by Crippen LogP contribution is -2.41. The first-order valence-electron chi connectivity index (χ1n) is 5.62. The van der Waals surface area contributed by atoms with Crippen molar-refractivity contribution in [3.8, 4) is 0 Å². The van der Waals surface area contributed by atoms with Crippen LogP contribution in [0, 0.1) is 6.92 Å². The van der Waals surface area contributed by atoms with E-state index in [0.717, 1.165) is 4.31 Å². The van der Waals surface area contributed by atoms with Gasteiger partial charge in [0.05, 0.1) is 6.10 Å². The molecule has 2 atom stereocenters. The Hall–Kier alpha value is -1.45. The summed E-state index contributed by atoms with van der Waals surface area (Å²) in [7, 11) is -3.86. The molecule has 1 saturated heterocycles. The van der Waals surface area contributed by atoms with Gasteiger partial charge in [-0.05, 0) is 6.92 Å². The van der Waals surface area contributed by atoms with E-state index < -0.39 is 33.9 Å². The van der Waals surface area contributed by atoms with Crippen LogP contribution in [0.15, 0.2) is 10.6 Å². The van der Waals surface area contributed by atoms with Gasteiger partial charge in [0.25, 0.3) is 0 Å². The number of β-amino-alcohol motifs (C(OH)–C–C–N with tert-alkyl or cyclic N) is 1. The molecular weight excluding hydrogens is 276 g/mol. The van der Waals surface area contributed by atoms with Crippen LogP contribution in [0.3, 0.4) is 0 Å². The fraction of sp³-hybridized carbons (Fsp3) is 0.600. The van der Waals surface area contributed by atoms with Crippen LogP contribution in [0.2, 0.25) is 0 Å². The molecule has 0 bridgehead atoms. The van der Waals surface area contributed by atoms with Crippen LogP contribution < -0.4 is 0 Å². The van der Waals surface area contributed by atoms with Crippen molar-refractivity contribution in [2.45, 2.75) is 31.2 Å². The van der Waals surface area contributed by atoms with Crippen LogP contribution in [-0.4, -0.2) is 52.8 Å². The molecule has 0 aliphatic carbocycles. The smallest absolute Gasteiger partial charge is 0.322 e. The molecule has 8 nitrogen and oxygen atoms in total. The van der Waals surface area contributed by atoms with Crippen LogP contribution in [0.4, 0.5) is 0 Å². The lowest BCUT2D eigenvalue weighted by molar-refractivity contribution is -0.140. The van der Waals surface area contributed by atoms with Gasteiger partial charge in [-0.1, -0.05) is 5.16 Å². The van der Waals surface area contributed by atoms with E-state index >= 15 is 0 Å². The van der Waals surface area contributed by atoms with Crippen LogP contribution >= 0.6 is 0 Å². The van der Waals surface area contributed by atoms with E-state index in [1.165, 1.54) is 6.07 Å². The molecule has 19 heavy (non-hydrogen) atoms. The van der Waals surface area contributed by atoms with E-state index in [9.17, 15) is 18.3 Å². The number of rotatable bonds is 4. The number of aliphatic hydroxyl groups is 1. The third-order valence-corrected chi connectivity index (χ3v) is 4.66. The van der Waals surface area contributed by atoms with Gasteiger partial charge in [0.2, 0.25) is 10.0 Å². The molecule has 1 fully saturated rings. The number of aliphatic carboxylic acids is 1. The van der Waals surface area contributed by atoms with Crippen molar-refractivity contribution in [3.63, 3.8) is 0 Å². The van der Waals surface area contributed by atoms with Crippen molar-refractivity contribution in [1.29, 1.82) is 0 Å². The zero-order chi connectivity index (χ0) is 14.2. The second-order valence-electron chi connectivity index (χ2n) is 4.50. The average Bonchev–Trinajstić information content (AvgIpc) is 2.85. The highest BCUT2D eigenvalue weighted by Crippen LogP contribution is 2.24. The number of carboxylic acids is 1. The molecule has 2 heterocycles. The van der Waals surface area contributed by atoms with Crippen molar-refractivity contribution >= 4 is 16.0 Å². The molecule has 1 aliphatic rings. The minimum Gasteiger partial charge on any atom is -0.480 e. The molecule has 1 aliphatic heterocycles. The monoisotopic (exact) mass is 290 g/mol. The molecule has 0 aromatic carbocycles. The number of hydrogen-bond acceptors (Lipinski definition) is 6. The van der Waals surface area contributed by atoms with Gasteiger partial charge in [-0.3, -0.25) is 4.79 Å². The lowest BCUT2D eigenvalue weighted by Gasteiger charge is -2.19. The minimum absolute atomic E-state index is 0.105. The molecule has 1 aromatic rings. The second-order valence-corrected chi connectivity index (χ2v) is 6.42. The summed E-state index contributed by atoms with van der Waals surface area (Å²) < 4.78 is 29.9. The second kappa shape index (κ2) is 4.91. The number of carboxylic acid groups (broad SMARTS) is 1. The fourth-order valence-corrected chi connectivity index (χ4v) is 3.71. The predicted octanol–water partition coefficient (Wildman–Crippen LogP) is -0.667. The molecule has 2 rings (SSSR count). The van der Waals surface area contributed by atoms with Crippen LogP contribution in [-0.2, 0) is 20.6 Å². The first kappa shape index (κ1) is 14.0. The van der Waals surface area contributed by atoms with E-state index in [-0.39, 0.29) is 18.7 Å². The zero-order valence-electron chi connectivity index (χ0n) is 10.2. The highest BCUT2D eigenvalue weighted by molar-refractivity contribution is 7.88. The summed E-state index contributed by atoms with van der Waals surface area (Å²) in [4.78, 5) is 11.0. The van der Waals surface area contributed by atoms with Gasteiger partial charge < -0.3 is 14.7 Å².